The average molecular weight is 320 g/mol. The molecule has 0 radical (unpaired) electrons. The molecule has 1 aromatic carbocycles. The van der Waals surface area contributed by atoms with Crippen molar-refractivity contribution >= 4 is 5.91 Å². The summed E-state index contributed by atoms with van der Waals surface area (Å²) >= 11 is 0. The molecule has 1 atom stereocenters. The van der Waals surface area contributed by atoms with Crippen molar-refractivity contribution in [2.45, 2.75) is 33.4 Å². The van der Waals surface area contributed by atoms with Crippen molar-refractivity contribution in [2.24, 2.45) is 5.41 Å². The Bertz CT molecular complexity index is 514. The van der Waals surface area contributed by atoms with Gasteiger partial charge in [-0.3, -0.25) is 4.79 Å². The first-order valence-corrected chi connectivity index (χ1v) is 8.17. The Hall–Kier alpha value is -1.59. The van der Waals surface area contributed by atoms with Gasteiger partial charge in [-0.1, -0.05) is 32.9 Å². The molecule has 128 valence electrons. The first kappa shape index (κ1) is 17.8. The normalized spacial score (nSPS) is 20.4. The fourth-order valence-electron chi connectivity index (χ4n) is 2.96. The lowest BCUT2D eigenvalue weighted by atomic mass is 9.88. The van der Waals surface area contributed by atoms with Gasteiger partial charge in [-0.25, -0.2) is 0 Å². The van der Waals surface area contributed by atoms with Crippen molar-refractivity contribution in [1.82, 2.24) is 10.2 Å². The van der Waals surface area contributed by atoms with Crippen molar-refractivity contribution in [1.29, 1.82) is 0 Å². The molecule has 0 bridgehead atoms. The van der Waals surface area contributed by atoms with Gasteiger partial charge in [0, 0.05) is 19.1 Å². The van der Waals surface area contributed by atoms with Crippen molar-refractivity contribution in [3.8, 4) is 5.75 Å². The van der Waals surface area contributed by atoms with Crippen LogP contribution in [0.5, 0.6) is 5.75 Å². The van der Waals surface area contributed by atoms with Gasteiger partial charge in [0.2, 0.25) is 5.91 Å². The fraction of sp³-hybridized carbons (Fsp3) is 0.611. The number of likely N-dealkylation sites (tertiary alicyclic amines) is 1. The molecule has 0 spiro atoms. The summed E-state index contributed by atoms with van der Waals surface area (Å²) in [4.78, 5) is 14.5. The predicted octanol–water partition coefficient (Wildman–Crippen LogP) is 2.06. The number of rotatable bonds is 7. The third-order valence-corrected chi connectivity index (χ3v) is 4.46. The maximum absolute atomic E-state index is 12.1. The van der Waals surface area contributed by atoms with Crippen LogP contribution < -0.4 is 10.1 Å². The number of carbonyl (C=O) groups excluding carboxylic acids is 1. The van der Waals surface area contributed by atoms with E-state index in [1.54, 1.807) is 7.11 Å². The van der Waals surface area contributed by atoms with Gasteiger partial charge >= 0.3 is 0 Å². The van der Waals surface area contributed by atoms with Crippen molar-refractivity contribution in [3.05, 3.63) is 29.8 Å². The largest absolute Gasteiger partial charge is 0.497 e. The number of nitrogens with one attached hydrogen (secondary N) is 1. The highest BCUT2D eigenvalue weighted by molar-refractivity contribution is 5.77. The summed E-state index contributed by atoms with van der Waals surface area (Å²) in [5, 5.41) is 3.11. The molecular weight excluding hydrogens is 292 g/mol. The molecule has 1 saturated heterocycles. The van der Waals surface area contributed by atoms with Crippen LogP contribution in [-0.4, -0.2) is 50.2 Å². The number of methoxy groups -OCH3 is 1. The molecule has 0 saturated carbocycles. The van der Waals surface area contributed by atoms with Crippen LogP contribution in [0.15, 0.2) is 24.3 Å². The molecular formula is C18H28N2O3. The molecule has 1 aliphatic heterocycles. The van der Waals surface area contributed by atoms with Crippen LogP contribution >= 0.6 is 0 Å². The third-order valence-electron chi connectivity index (χ3n) is 4.46. The molecule has 1 fully saturated rings. The highest BCUT2D eigenvalue weighted by atomic mass is 16.5. The van der Waals surface area contributed by atoms with Crippen LogP contribution in [0.25, 0.3) is 0 Å². The molecule has 1 N–H and O–H groups in total. The van der Waals surface area contributed by atoms with Gasteiger partial charge in [-0.05, 0) is 29.7 Å². The summed E-state index contributed by atoms with van der Waals surface area (Å²) in [5.74, 6) is 0.768. The smallest absolute Gasteiger partial charge is 0.246 e. The number of likely N-dealkylation sites (N-methyl/N-ethyl adjacent to an activating group) is 1. The lowest BCUT2D eigenvalue weighted by Crippen LogP contribution is -2.45. The summed E-state index contributed by atoms with van der Waals surface area (Å²) < 4.78 is 10.6. The van der Waals surface area contributed by atoms with Crippen molar-refractivity contribution < 1.29 is 14.3 Å². The van der Waals surface area contributed by atoms with Crippen molar-refractivity contribution in [3.63, 3.8) is 0 Å². The molecule has 5 heteroatoms. The van der Waals surface area contributed by atoms with E-state index >= 15 is 0 Å². The maximum atomic E-state index is 12.1. The Morgan fingerprint density at radius 2 is 2.04 bits per heavy atom. The Morgan fingerprint density at radius 3 is 2.61 bits per heavy atom. The van der Waals surface area contributed by atoms with E-state index in [2.05, 4.69) is 31.0 Å². The van der Waals surface area contributed by atoms with Gasteiger partial charge < -0.3 is 19.7 Å². The van der Waals surface area contributed by atoms with Gasteiger partial charge in [-0.15, -0.1) is 0 Å². The zero-order valence-corrected chi connectivity index (χ0v) is 14.6. The number of hydrogen-bond donors (Lipinski definition) is 1. The number of hydrogen-bond acceptors (Lipinski definition) is 4. The summed E-state index contributed by atoms with van der Waals surface area (Å²) in [6.45, 7) is 10.0. The minimum absolute atomic E-state index is 0.0467. The van der Waals surface area contributed by atoms with E-state index in [1.165, 1.54) is 0 Å². The van der Waals surface area contributed by atoms with Crippen LogP contribution in [0.3, 0.4) is 0 Å². The first-order chi connectivity index (χ1) is 10.9. The monoisotopic (exact) mass is 320 g/mol. The molecule has 1 amide bonds. The van der Waals surface area contributed by atoms with Crippen LogP contribution in [0, 0.1) is 5.41 Å². The minimum Gasteiger partial charge on any atom is -0.497 e. The molecule has 2 rings (SSSR count). The second-order valence-electron chi connectivity index (χ2n) is 6.78. The molecule has 0 aliphatic carbocycles. The van der Waals surface area contributed by atoms with Crippen LogP contribution in [0.4, 0.5) is 0 Å². The number of nitrogens with zero attached hydrogens (tertiary/aromatic N) is 1. The van der Waals surface area contributed by atoms with E-state index in [-0.39, 0.29) is 24.0 Å². The SMILES string of the molecule is CCN1CC(NC(=O)COCc2ccc(OC)cc2)C(C)(C)C1. The highest BCUT2D eigenvalue weighted by Crippen LogP contribution is 2.29. The van der Waals surface area contributed by atoms with E-state index in [1.807, 2.05) is 24.3 Å². The molecule has 1 heterocycles. The zero-order chi connectivity index (χ0) is 16.9. The molecule has 1 aromatic rings. The molecule has 5 nitrogen and oxygen atoms in total. The molecule has 1 aliphatic rings. The lowest BCUT2D eigenvalue weighted by molar-refractivity contribution is -0.127. The van der Waals surface area contributed by atoms with Gasteiger partial charge in [-0.2, -0.15) is 0 Å². The Balaban J connectivity index is 1.74. The Labute approximate surface area is 139 Å². The van der Waals surface area contributed by atoms with Gasteiger partial charge in [0.1, 0.15) is 12.4 Å². The quantitative estimate of drug-likeness (QED) is 0.835. The summed E-state index contributed by atoms with van der Waals surface area (Å²) in [7, 11) is 1.64. The lowest BCUT2D eigenvalue weighted by Gasteiger charge is -2.26. The minimum atomic E-state index is -0.0467. The van der Waals surface area contributed by atoms with Crippen molar-refractivity contribution in [2.75, 3.05) is 33.4 Å². The topological polar surface area (TPSA) is 50.8 Å². The fourth-order valence-corrected chi connectivity index (χ4v) is 2.96. The zero-order valence-electron chi connectivity index (χ0n) is 14.6. The van der Waals surface area contributed by atoms with E-state index in [9.17, 15) is 4.79 Å². The van der Waals surface area contributed by atoms with Crippen LogP contribution in [0.2, 0.25) is 0 Å². The molecule has 1 unspecified atom stereocenters. The third kappa shape index (κ3) is 4.94. The van der Waals surface area contributed by atoms with E-state index < -0.39 is 0 Å². The van der Waals surface area contributed by atoms with Gasteiger partial charge in [0.25, 0.3) is 0 Å². The first-order valence-electron chi connectivity index (χ1n) is 8.17. The second kappa shape index (κ2) is 7.79. The number of amides is 1. The summed E-state index contributed by atoms with van der Waals surface area (Å²) in [5.41, 5.74) is 1.12. The maximum Gasteiger partial charge on any atom is 0.246 e. The van der Waals surface area contributed by atoms with Gasteiger partial charge in [0.05, 0.1) is 13.7 Å². The Morgan fingerprint density at radius 1 is 1.35 bits per heavy atom. The molecule has 23 heavy (non-hydrogen) atoms. The number of carbonyl (C=O) groups is 1. The number of benzene rings is 1. The second-order valence-corrected chi connectivity index (χ2v) is 6.78. The summed E-state index contributed by atoms with van der Waals surface area (Å²) in [6.07, 6.45) is 0. The van der Waals surface area contributed by atoms with Crippen LogP contribution in [-0.2, 0) is 16.1 Å². The standard InChI is InChI=1S/C18H28N2O3/c1-5-20-10-16(18(2,3)13-20)19-17(21)12-23-11-14-6-8-15(22-4)9-7-14/h6-9,16H,5,10-13H2,1-4H3,(H,19,21). The van der Waals surface area contributed by atoms with E-state index in [0.29, 0.717) is 6.61 Å². The number of ether oxygens (including phenoxy) is 2. The molecule has 0 aromatic heterocycles. The van der Waals surface area contributed by atoms with Crippen LogP contribution in [0.1, 0.15) is 26.3 Å². The van der Waals surface area contributed by atoms with E-state index in [4.69, 9.17) is 9.47 Å². The summed E-state index contributed by atoms with van der Waals surface area (Å²) in [6, 6.07) is 7.84. The van der Waals surface area contributed by atoms with Gasteiger partial charge in [0.15, 0.2) is 0 Å². The van der Waals surface area contributed by atoms with E-state index in [0.717, 1.165) is 30.9 Å². The Kier molecular flexibility index (Phi) is 6.02. The average Bonchev–Trinajstić information content (AvgIpc) is 2.82. The highest BCUT2D eigenvalue weighted by Gasteiger charge is 2.39. The predicted molar refractivity (Wildman–Crippen MR) is 90.5 cm³/mol.